The first-order chi connectivity index (χ1) is 13.2. The lowest BCUT2D eigenvalue weighted by Gasteiger charge is -2.37. The molecule has 1 amide bonds. The van der Waals surface area contributed by atoms with Crippen LogP contribution in [0.15, 0.2) is 24.3 Å². The number of para-hydroxylation sites is 1. The summed E-state index contributed by atoms with van der Waals surface area (Å²) in [5, 5.41) is 2.70. The highest BCUT2D eigenvalue weighted by molar-refractivity contribution is 5.76. The van der Waals surface area contributed by atoms with E-state index >= 15 is 0 Å². The van der Waals surface area contributed by atoms with Gasteiger partial charge in [0, 0.05) is 32.6 Å². The molecule has 0 aromatic heterocycles. The number of amides is 1. The highest BCUT2D eigenvalue weighted by Crippen LogP contribution is 2.32. The number of hydrogen-bond donors (Lipinski definition) is 2. The third-order valence-corrected chi connectivity index (χ3v) is 6.16. The van der Waals surface area contributed by atoms with Gasteiger partial charge in [-0.2, -0.15) is 0 Å². The molecule has 1 aliphatic heterocycles. The third kappa shape index (κ3) is 5.91. The van der Waals surface area contributed by atoms with Gasteiger partial charge in [-0.3, -0.25) is 9.69 Å². The summed E-state index contributed by atoms with van der Waals surface area (Å²) in [7, 11) is 0. The second-order valence-corrected chi connectivity index (χ2v) is 7.96. The van der Waals surface area contributed by atoms with E-state index < -0.39 is 0 Å². The maximum atomic E-state index is 13.9. The van der Waals surface area contributed by atoms with Crippen molar-refractivity contribution in [3.8, 4) is 0 Å². The number of benzene rings is 1. The van der Waals surface area contributed by atoms with Crippen molar-refractivity contribution in [2.24, 2.45) is 17.6 Å². The fourth-order valence-electron chi connectivity index (χ4n) is 4.46. The van der Waals surface area contributed by atoms with E-state index in [4.69, 9.17) is 5.73 Å². The Labute approximate surface area is 162 Å². The van der Waals surface area contributed by atoms with Crippen LogP contribution in [0.2, 0.25) is 0 Å². The molecule has 0 radical (unpaired) electrons. The fraction of sp³-hybridized carbons (Fsp3) is 0.667. The zero-order valence-electron chi connectivity index (χ0n) is 16.2. The van der Waals surface area contributed by atoms with E-state index in [2.05, 4.69) is 15.1 Å². The normalized spacial score (nSPS) is 24.0. The molecule has 0 atom stereocenters. The number of halogens is 1. The van der Waals surface area contributed by atoms with Crippen LogP contribution in [0.1, 0.15) is 38.5 Å². The van der Waals surface area contributed by atoms with Crippen molar-refractivity contribution in [1.82, 2.24) is 10.2 Å². The number of nitrogens with two attached hydrogens (primary N) is 1. The summed E-state index contributed by atoms with van der Waals surface area (Å²) >= 11 is 0. The summed E-state index contributed by atoms with van der Waals surface area (Å²) in [4.78, 5) is 16.3. The lowest BCUT2D eigenvalue weighted by atomic mass is 9.79. The van der Waals surface area contributed by atoms with Crippen LogP contribution in [-0.4, -0.2) is 50.2 Å². The first-order valence-electron chi connectivity index (χ1n) is 10.3. The number of nitrogens with zero attached hydrogens (tertiary/aromatic N) is 2. The minimum absolute atomic E-state index is 0.0914. The summed E-state index contributed by atoms with van der Waals surface area (Å²) in [6.07, 6.45) is 6.64. The standard InChI is InChI=1S/C21H33FN4O/c22-19-3-1-2-4-20(19)26-13-11-25(12-14-26)10-9-17-5-7-18(8-6-17)15-21(27)24-16-23/h1-4,17-18H,5-16,23H2,(H,24,27). The van der Waals surface area contributed by atoms with Crippen molar-refractivity contribution < 1.29 is 9.18 Å². The molecule has 27 heavy (non-hydrogen) atoms. The molecule has 6 heteroatoms. The Balaban J connectivity index is 1.33. The predicted octanol–water partition coefficient (Wildman–Crippen LogP) is 2.57. The molecular formula is C21H33FN4O. The lowest BCUT2D eigenvalue weighted by Crippen LogP contribution is -2.47. The summed E-state index contributed by atoms with van der Waals surface area (Å²) in [6, 6.07) is 7.06. The van der Waals surface area contributed by atoms with Gasteiger partial charge >= 0.3 is 0 Å². The minimum Gasteiger partial charge on any atom is -0.367 e. The smallest absolute Gasteiger partial charge is 0.221 e. The molecule has 150 valence electrons. The van der Waals surface area contributed by atoms with Crippen LogP contribution in [0.5, 0.6) is 0 Å². The molecule has 2 aliphatic rings. The molecule has 0 spiro atoms. The SMILES string of the molecule is NCNC(=O)CC1CCC(CCN2CCN(c3ccccc3F)CC2)CC1. The van der Waals surface area contributed by atoms with Crippen molar-refractivity contribution in [2.45, 2.75) is 38.5 Å². The number of rotatable bonds is 7. The summed E-state index contributed by atoms with van der Waals surface area (Å²) < 4.78 is 13.9. The summed E-state index contributed by atoms with van der Waals surface area (Å²) in [5.74, 6) is 1.28. The van der Waals surface area contributed by atoms with E-state index in [-0.39, 0.29) is 18.4 Å². The number of carbonyl (C=O) groups excluding carboxylic acids is 1. The molecule has 1 aliphatic carbocycles. The molecule has 2 fully saturated rings. The van der Waals surface area contributed by atoms with Gasteiger partial charge < -0.3 is 16.0 Å². The zero-order chi connectivity index (χ0) is 19.1. The Hall–Kier alpha value is -1.66. The molecule has 1 saturated carbocycles. The molecule has 3 rings (SSSR count). The molecule has 3 N–H and O–H groups in total. The average molecular weight is 377 g/mol. The van der Waals surface area contributed by atoms with E-state index in [1.54, 1.807) is 6.07 Å². The fourth-order valence-corrected chi connectivity index (χ4v) is 4.46. The van der Waals surface area contributed by atoms with Crippen LogP contribution >= 0.6 is 0 Å². The largest absolute Gasteiger partial charge is 0.367 e. The Morgan fingerprint density at radius 3 is 2.41 bits per heavy atom. The van der Waals surface area contributed by atoms with E-state index in [9.17, 15) is 9.18 Å². The first kappa shape index (κ1) is 20.1. The van der Waals surface area contributed by atoms with Gasteiger partial charge in [-0.25, -0.2) is 4.39 Å². The van der Waals surface area contributed by atoms with Crippen LogP contribution in [0.3, 0.4) is 0 Å². The molecule has 1 aromatic rings. The second-order valence-electron chi connectivity index (χ2n) is 7.96. The topological polar surface area (TPSA) is 61.6 Å². The molecule has 1 heterocycles. The molecule has 0 bridgehead atoms. The number of nitrogens with one attached hydrogen (secondary N) is 1. The minimum atomic E-state index is -0.122. The van der Waals surface area contributed by atoms with Gasteiger partial charge in [-0.15, -0.1) is 0 Å². The molecule has 0 unspecified atom stereocenters. The zero-order valence-corrected chi connectivity index (χ0v) is 16.2. The maximum absolute atomic E-state index is 13.9. The Morgan fingerprint density at radius 1 is 1.07 bits per heavy atom. The van der Waals surface area contributed by atoms with Gasteiger partial charge in [-0.05, 0) is 49.8 Å². The van der Waals surface area contributed by atoms with Crippen LogP contribution in [0, 0.1) is 17.7 Å². The van der Waals surface area contributed by atoms with E-state index in [0.29, 0.717) is 12.3 Å². The van der Waals surface area contributed by atoms with Crippen molar-refractivity contribution in [3.63, 3.8) is 0 Å². The number of carbonyl (C=O) groups is 1. The van der Waals surface area contributed by atoms with Gasteiger partial charge in [-0.1, -0.05) is 25.0 Å². The highest BCUT2D eigenvalue weighted by Gasteiger charge is 2.24. The second kappa shape index (κ2) is 10.0. The van der Waals surface area contributed by atoms with Crippen molar-refractivity contribution >= 4 is 11.6 Å². The van der Waals surface area contributed by atoms with Gasteiger partial charge in [0.2, 0.25) is 5.91 Å². The van der Waals surface area contributed by atoms with E-state index in [1.165, 1.54) is 25.3 Å². The highest BCUT2D eigenvalue weighted by atomic mass is 19.1. The average Bonchev–Trinajstić information content (AvgIpc) is 2.68. The van der Waals surface area contributed by atoms with Crippen molar-refractivity contribution in [2.75, 3.05) is 44.3 Å². The van der Waals surface area contributed by atoms with Crippen molar-refractivity contribution in [1.29, 1.82) is 0 Å². The Morgan fingerprint density at radius 2 is 1.74 bits per heavy atom. The van der Waals surface area contributed by atoms with Gasteiger partial charge in [0.1, 0.15) is 5.82 Å². The third-order valence-electron chi connectivity index (χ3n) is 6.16. The van der Waals surface area contributed by atoms with Gasteiger partial charge in [0.05, 0.1) is 12.4 Å². The van der Waals surface area contributed by atoms with E-state index in [0.717, 1.165) is 57.2 Å². The van der Waals surface area contributed by atoms with E-state index in [1.807, 2.05) is 12.1 Å². The first-order valence-corrected chi connectivity index (χ1v) is 10.3. The monoisotopic (exact) mass is 376 g/mol. The van der Waals surface area contributed by atoms with Crippen LogP contribution in [0.4, 0.5) is 10.1 Å². The summed E-state index contributed by atoms with van der Waals surface area (Å²) in [6.45, 7) is 5.16. The summed E-state index contributed by atoms with van der Waals surface area (Å²) in [5.41, 5.74) is 6.09. The molecule has 1 aromatic carbocycles. The maximum Gasteiger partial charge on any atom is 0.221 e. The van der Waals surface area contributed by atoms with Crippen molar-refractivity contribution in [3.05, 3.63) is 30.1 Å². The molecular weight excluding hydrogens is 343 g/mol. The Kier molecular flexibility index (Phi) is 7.47. The number of hydrogen-bond acceptors (Lipinski definition) is 4. The predicted molar refractivity (Wildman–Crippen MR) is 107 cm³/mol. The quantitative estimate of drug-likeness (QED) is 0.718. The van der Waals surface area contributed by atoms with Crippen LogP contribution in [-0.2, 0) is 4.79 Å². The Bertz CT molecular complexity index is 596. The lowest BCUT2D eigenvalue weighted by molar-refractivity contribution is -0.122. The van der Waals surface area contributed by atoms with Gasteiger partial charge in [0.15, 0.2) is 0 Å². The van der Waals surface area contributed by atoms with Crippen LogP contribution in [0.25, 0.3) is 0 Å². The van der Waals surface area contributed by atoms with Crippen LogP contribution < -0.4 is 16.0 Å². The molecule has 1 saturated heterocycles. The van der Waals surface area contributed by atoms with Gasteiger partial charge in [0.25, 0.3) is 0 Å². The number of anilines is 1. The number of piperazine rings is 1. The molecule has 5 nitrogen and oxygen atoms in total.